The zero-order valence-corrected chi connectivity index (χ0v) is 16.8. The molecule has 2 unspecified atom stereocenters. The summed E-state index contributed by atoms with van der Waals surface area (Å²) in [5.41, 5.74) is 1.94. The molecule has 0 saturated carbocycles. The molecule has 3 rings (SSSR count). The number of nitrogens with one attached hydrogen (secondary N) is 1. The summed E-state index contributed by atoms with van der Waals surface area (Å²) in [6, 6.07) is 7.75. The van der Waals surface area contributed by atoms with Crippen LogP contribution in [0, 0.1) is 11.8 Å². The van der Waals surface area contributed by atoms with E-state index in [0.717, 1.165) is 36.7 Å². The SMILES string of the molecule is CN=C(NCCS(=O)(=O)N1CCc2ccccc21)N1CC(C)CC(C)C1. The highest BCUT2D eigenvalue weighted by Crippen LogP contribution is 2.29. The quantitative estimate of drug-likeness (QED) is 0.642. The molecular weight excluding hydrogens is 348 g/mol. The predicted octanol–water partition coefficient (Wildman–Crippen LogP) is 1.93. The van der Waals surface area contributed by atoms with E-state index in [1.54, 1.807) is 11.4 Å². The minimum Gasteiger partial charge on any atom is -0.355 e. The number of benzene rings is 1. The molecule has 0 amide bonds. The number of guanidine groups is 1. The third-order valence-electron chi connectivity index (χ3n) is 5.20. The van der Waals surface area contributed by atoms with Gasteiger partial charge < -0.3 is 10.2 Å². The fraction of sp³-hybridized carbons (Fsp3) is 0.632. The van der Waals surface area contributed by atoms with Crippen molar-refractivity contribution in [2.45, 2.75) is 26.7 Å². The monoisotopic (exact) mass is 378 g/mol. The van der Waals surface area contributed by atoms with Crippen LogP contribution < -0.4 is 9.62 Å². The molecule has 1 aromatic carbocycles. The van der Waals surface area contributed by atoms with Gasteiger partial charge >= 0.3 is 0 Å². The van der Waals surface area contributed by atoms with Crippen molar-refractivity contribution in [3.8, 4) is 0 Å². The number of hydrogen-bond donors (Lipinski definition) is 1. The summed E-state index contributed by atoms with van der Waals surface area (Å²) in [5, 5.41) is 3.25. The molecule has 144 valence electrons. The number of para-hydroxylation sites is 1. The topological polar surface area (TPSA) is 65.0 Å². The van der Waals surface area contributed by atoms with Gasteiger partial charge in [0, 0.05) is 33.2 Å². The molecule has 2 aliphatic heterocycles. The molecule has 2 aliphatic rings. The first-order chi connectivity index (χ1) is 12.4. The fourth-order valence-electron chi connectivity index (χ4n) is 4.17. The van der Waals surface area contributed by atoms with Crippen molar-refractivity contribution < 1.29 is 8.42 Å². The molecule has 2 atom stereocenters. The molecule has 0 bridgehead atoms. The number of rotatable bonds is 4. The van der Waals surface area contributed by atoms with Crippen molar-refractivity contribution in [2.75, 3.05) is 43.3 Å². The number of nitrogens with zero attached hydrogens (tertiary/aromatic N) is 3. The molecule has 1 fully saturated rings. The Morgan fingerprint density at radius 3 is 2.62 bits per heavy atom. The van der Waals surface area contributed by atoms with Crippen molar-refractivity contribution >= 4 is 21.7 Å². The van der Waals surface area contributed by atoms with Crippen LogP contribution in [-0.2, 0) is 16.4 Å². The van der Waals surface area contributed by atoms with Gasteiger partial charge in [-0.2, -0.15) is 0 Å². The Morgan fingerprint density at radius 1 is 1.23 bits per heavy atom. The summed E-state index contributed by atoms with van der Waals surface area (Å²) in [6.45, 7) is 7.35. The highest BCUT2D eigenvalue weighted by molar-refractivity contribution is 7.92. The number of piperidine rings is 1. The summed E-state index contributed by atoms with van der Waals surface area (Å²) >= 11 is 0. The maximum Gasteiger partial charge on any atom is 0.236 e. The Kier molecular flexibility index (Phi) is 5.75. The van der Waals surface area contributed by atoms with Crippen LogP contribution in [-0.4, -0.2) is 58.3 Å². The van der Waals surface area contributed by atoms with Crippen molar-refractivity contribution in [1.82, 2.24) is 10.2 Å². The number of anilines is 1. The van der Waals surface area contributed by atoms with Crippen molar-refractivity contribution in [1.29, 1.82) is 0 Å². The largest absolute Gasteiger partial charge is 0.355 e. The third kappa shape index (κ3) is 4.14. The summed E-state index contributed by atoms with van der Waals surface area (Å²) in [6.07, 6.45) is 2.02. The number of fused-ring (bicyclic) bond motifs is 1. The first kappa shape index (κ1) is 19.0. The Balaban J connectivity index is 1.58. The second-order valence-corrected chi connectivity index (χ2v) is 9.60. The lowest BCUT2D eigenvalue weighted by Crippen LogP contribution is -2.49. The van der Waals surface area contributed by atoms with E-state index in [0.29, 0.717) is 24.9 Å². The summed E-state index contributed by atoms with van der Waals surface area (Å²) < 4.78 is 27.1. The fourth-order valence-corrected chi connectivity index (χ4v) is 5.59. The predicted molar refractivity (Wildman–Crippen MR) is 107 cm³/mol. The molecule has 1 aromatic rings. The zero-order chi connectivity index (χ0) is 18.7. The second-order valence-electron chi connectivity index (χ2n) is 7.59. The number of sulfonamides is 1. The van der Waals surface area contributed by atoms with Gasteiger partial charge in [-0.3, -0.25) is 9.30 Å². The Morgan fingerprint density at radius 2 is 1.92 bits per heavy atom. The second kappa shape index (κ2) is 7.86. The van der Waals surface area contributed by atoms with Crippen LogP contribution in [0.25, 0.3) is 0 Å². The van der Waals surface area contributed by atoms with Crippen LogP contribution in [0.2, 0.25) is 0 Å². The summed E-state index contributed by atoms with van der Waals surface area (Å²) in [7, 11) is -1.57. The standard InChI is InChI=1S/C19H30N4O2S/c1-15-12-16(2)14-22(13-15)19(20-3)21-9-11-26(24,25)23-10-8-17-6-4-5-7-18(17)23/h4-7,15-16H,8-14H2,1-3H3,(H,20,21). The average Bonchev–Trinajstić information content (AvgIpc) is 3.03. The van der Waals surface area contributed by atoms with Crippen molar-refractivity contribution in [3.63, 3.8) is 0 Å². The molecule has 6 nitrogen and oxygen atoms in total. The molecule has 1 N–H and O–H groups in total. The first-order valence-corrected chi connectivity index (χ1v) is 11.1. The van der Waals surface area contributed by atoms with Gasteiger partial charge in [-0.15, -0.1) is 0 Å². The molecule has 0 aliphatic carbocycles. The summed E-state index contributed by atoms with van der Waals surface area (Å²) in [5.74, 6) is 2.13. The van der Waals surface area contributed by atoms with E-state index < -0.39 is 10.0 Å². The minimum atomic E-state index is -3.33. The maximum atomic E-state index is 12.8. The van der Waals surface area contributed by atoms with Crippen LogP contribution in [0.15, 0.2) is 29.3 Å². The van der Waals surface area contributed by atoms with E-state index in [2.05, 4.69) is 29.1 Å². The van der Waals surface area contributed by atoms with E-state index in [9.17, 15) is 8.42 Å². The molecule has 7 heteroatoms. The molecule has 0 radical (unpaired) electrons. The molecule has 0 aromatic heterocycles. The minimum absolute atomic E-state index is 0.0688. The van der Waals surface area contributed by atoms with E-state index in [1.807, 2.05) is 24.3 Å². The van der Waals surface area contributed by atoms with Gasteiger partial charge in [0.15, 0.2) is 5.96 Å². The normalized spacial score (nSPS) is 23.9. The van der Waals surface area contributed by atoms with Crippen LogP contribution in [0.1, 0.15) is 25.8 Å². The lowest BCUT2D eigenvalue weighted by atomic mass is 9.92. The number of aliphatic imine (C=N–C) groups is 1. The van der Waals surface area contributed by atoms with Crippen LogP contribution >= 0.6 is 0 Å². The Labute approximate surface area is 157 Å². The maximum absolute atomic E-state index is 12.8. The number of hydrogen-bond acceptors (Lipinski definition) is 3. The van der Waals surface area contributed by atoms with Crippen molar-refractivity contribution in [3.05, 3.63) is 29.8 Å². The van der Waals surface area contributed by atoms with E-state index in [1.165, 1.54) is 6.42 Å². The average molecular weight is 379 g/mol. The Bertz CT molecular complexity index is 753. The highest BCUT2D eigenvalue weighted by Gasteiger charge is 2.29. The van der Waals surface area contributed by atoms with E-state index >= 15 is 0 Å². The molecule has 0 spiro atoms. The third-order valence-corrected chi connectivity index (χ3v) is 6.97. The highest BCUT2D eigenvalue weighted by atomic mass is 32.2. The van der Waals surface area contributed by atoms with Gasteiger partial charge in [0.05, 0.1) is 11.4 Å². The van der Waals surface area contributed by atoms with Gasteiger partial charge in [0.25, 0.3) is 0 Å². The van der Waals surface area contributed by atoms with Gasteiger partial charge in [0.2, 0.25) is 10.0 Å². The van der Waals surface area contributed by atoms with Gasteiger partial charge in [-0.1, -0.05) is 32.0 Å². The van der Waals surface area contributed by atoms with E-state index in [4.69, 9.17) is 0 Å². The summed E-state index contributed by atoms with van der Waals surface area (Å²) in [4.78, 5) is 6.60. The number of likely N-dealkylation sites (tertiary alicyclic amines) is 1. The molecule has 1 saturated heterocycles. The van der Waals surface area contributed by atoms with Gasteiger partial charge in [0.1, 0.15) is 0 Å². The smallest absolute Gasteiger partial charge is 0.236 e. The van der Waals surface area contributed by atoms with Crippen LogP contribution in [0.5, 0.6) is 0 Å². The van der Waals surface area contributed by atoms with Crippen LogP contribution in [0.4, 0.5) is 5.69 Å². The first-order valence-electron chi connectivity index (χ1n) is 9.44. The van der Waals surface area contributed by atoms with Crippen molar-refractivity contribution in [2.24, 2.45) is 16.8 Å². The lowest BCUT2D eigenvalue weighted by molar-refractivity contribution is 0.209. The Hall–Kier alpha value is -1.76. The zero-order valence-electron chi connectivity index (χ0n) is 16.0. The molecule has 26 heavy (non-hydrogen) atoms. The van der Waals surface area contributed by atoms with E-state index in [-0.39, 0.29) is 5.75 Å². The molecular formula is C19H30N4O2S. The van der Waals surface area contributed by atoms with Gasteiger partial charge in [-0.25, -0.2) is 8.42 Å². The van der Waals surface area contributed by atoms with Crippen LogP contribution in [0.3, 0.4) is 0 Å². The lowest BCUT2D eigenvalue weighted by Gasteiger charge is -2.37. The van der Waals surface area contributed by atoms with Gasteiger partial charge in [-0.05, 0) is 36.3 Å². The molecule has 2 heterocycles.